The molecule has 138 valence electrons. The lowest BCUT2D eigenvalue weighted by Crippen LogP contribution is -2.46. The molecule has 0 saturated carbocycles. The molecule has 0 aliphatic carbocycles. The van der Waals surface area contributed by atoms with Crippen molar-refractivity contribution < 1.29 is 0 Å². The fourth-order valence-electron chi connectivity index (χ4n) is 3.32. The highest BCUT2D eigenvalue weighted by molar-refractivity contribution is 5.60. The maximum absolute atomic E-state index is 4.68. The lowest BCUT2D eigenvalue weighted by atomic mass is 10.1. The molecule has 2 heterocycles. The Morgan fingerprint density at radius 1 is 0.889 bits per heavy atom. The van der Waals surface area contributed by atoms with E-state index in [0.29, 0.717) is 5.95 Å². The molecule has 1 N–H and O–H groups in total. The fraction of sp³-hybridized carbons (Fsp3) is 0.286. The lowest BCUT2D eigenvalue weighted by molar-refractivity contribution is 0.645. The Balaban J connectivity index is 1.45. The topological polar surface area (TPSA) is 57.2 Å². The average molecular weight is 360 g/mol. The van der Waals surface area contributed by atoms with Crippen LogP contribution >= 0.6 is 0 Å². The Kier molecular flexibility index (Phi) is 4.87. The molecule has 3 aromatic rings. The van der Waals surface area contributed by atoms with Crippen LogP contribution in [0.3, 0.4) is 0 Å². The molecular formula is C21H24N6. The van der Waals surface area contributed by atoms with Gasteiger partial charge in [0.15, 0.2) is 5.82 Å². The second kappa shape index (κ2) is 7.61. The second-order valence-corrected chi connectivity index (χ2v) is 6.89. The first-order chi connectivity index (χ1) is 13.2. The maximum atomic E-state index is 4.68. The van der Waals surface area contributed by atoms with Crippen LogP contribution < -0.4 is 15.1 Å². The van der Waals surface area contributed by atoms with Crippen molar-refractivity contribution >= 4 is 23.1 Å². The van der Waals surface area contributed by atoms with Gasteiger partial charge in [-0.1, -0.05) is 30.3 Å². The Hall–Kier alpha value is -3.15. The third-order valence-electron chi connectivity index (χ3n) is 4.91. The van der Waals surface area contributed by atoms with Gasteiger partial charge in [0.05, 0.1) is 6.20 Å². The van der Waals surface area contributed by atoms with Crippen LogP contribution in [0.25, 0.3) is 0 Å². The lowest BCUT2D eigenvalue weighted by Gasteiger charge is -2.36. The van der Waals surface area contributed by atoms with Gasteiger partial charge in [-0.2, -0.15) is 10.1 Å². The Bertz CT molecular complexity index is 904. The highest BCUT2D eigenvalue weighted by Gasteiger charge is 2.19. The van der Waals surface area contributed by atoms with Gasteiger partial charge in [-0.25, -0.2) is 0 Å². The van der Waals surface area contributed by atoms with E-state index in [1.165, 1.54) is 11.3 Å². The zero-order chi connectivity index (χ0) is 18.6. The molecule has 0 bridgehead atoms. The van der Waals surface area contributed by atoms with Crippen LogP contribution in [0.15, 0.2) is 54.7 Å². The summed E-state index contributed by atoms with van der Waals surface area (Å²) in [4.78, 5) is 9.35. The largest absolute Gasteiger partial charge is 0.368 e. The molecule has 27 heavy (non-hydrogen) atoms. The molecule has 6 heteroatoms. The quantitative estimate of drug-likeness (QED) is 0.768. The normalized spacial score (nSPS) is 14.3. The number of aryl methyl sites for hydroxylation is 2. The van der Waals surface area contributed by atoms with Crippen molar-refractivity contribution in [3.63, 3.8) is 0 Å². The van der Waals surface area contributed by atoms with Crippen LogP contribution in [0, 0.1) is 13.8 Å². The summed E-state index contributed by atoms with van der Waals surface area (Å²) in [5, 5.41) is 11.6. The molecule has 6 nitrogen and oxygen atoms in total. The summed E-state index contributed by atoms with van der Waals surface area (Å²) in [6.45, 7) is 7.91. The van der Waals surface area contributed by atoms with Crippen LogP contribution in [0.5, 0.6) is 0 Å². The van der Waals surface area contributed by atoms with Crippen LogP contribution in [0.2, 0.25) is 0 Å². The minimum Gasteiger partial charge on any atom is -0.368 e. The van der Waals surface area contributed by atoms with E-state index in [0.717, 1.165) is 43.2 Å². The summed E-state index contributed by atoms with van der Waals surface area (Å²) in [7, 11) is 0. The van der Waals surface area contributed by atoms with Gasteiger partial charge in [-0.05, 0) is 43.2 Å². The third kappa shape index (κ3) is 4.00. The van der Waals surface area contributed by atoms with E-state index in [9.17, 15) is 0 Å². The van der Waals surface area contributed by atoms with Gasteiger partial charge < -0.3 is 15.1 Å². The predicted molar refractivity (Wildman–Crippen MR) is 110 cm³/mol. The van der Waals surface area contributed by atoms with E-state index in [2.05, 4.69) is 92.7 Å². The number of hydrogen-bond acceptors (Lipinski definition) is 6. The van der Waals surface area contributed by atoms with E-state index in [1.807, 2.05) is 0 Å². The van der Waals surface area contributed by atoms with Crippen molar-refractivity contribution in [2.24, 2.45) is 0 Å². The van der Waals surface area contributed by atoms with Crippen molar-refractivity contribution in [1.82, 2.24) is 15.2 Å². The summed E-state index contributed by atoms with van der Waals surface area (Å²) in [5.41, 5.74) is 4.65. The van der Waals surface area contributed by atoms with Gasteiger partial charge in [-0.15, -0.1) is 5.10 Å². The minimum absolute atomic E-state index is 0.534. The fourth-order valence-corrected chi connectivity index (χ4v) is 3.32. The van der Waals surface area contributed by atoms with E-state index in [-0.39, 0.29) is 0 Å². The van der Waals surface area contributed by atoms with Gasteiger partial charge in [-0.3, -0.25) is 0 Å². The molecule has 1 aliphatic heterocycles. The summed E-state index contributed by atoms with van der Waals surface area (Å²) in [6, 6.07) is 16.8. The highest BCUT2D eigenvalue weighted by Crippen LogP contribution is 2.22. The van der Waals surface area contributed by atoms with E-state index in [4.69, 9.17) is 0 Å². The van der Waals surface area contributed by atoms with E-state index < -0.39 is 0 Å². The first kappa shape index (κ1) is 17.3. The Morgan fingerprint density at radius 3 is 2.41 bits per heavy atom. The zero-order valence-corrected chi connectivity index (χ0v) is 15.8. The summed E-state index contributed by atoms with van der Waals surface area (Å²) in [6.07, 6.45) is 1.74. The molecule has 2 aromatic carbocycles. The zero-order valence-electron chi connectivity index (χ0n) is 15.8. The monoisotopic (exact) mass is 360 g/mol. The Morgan fingerprint density at radius 2 is 1.63 bits per heavy atom. The van der Waals surface area contributed by atoms with E-state index in [1.54, 1.807) is 6.20 Å². The molecule has 0 unspecified atom stereocenters. The van der Waals surface area contributed by atoms with Crippen LogP contribution in [-0.4, -0.2) is 41.4 Å². The number of nitrogens with zero attached hydrogens (tertiary/aromatic N) is 5. The van der Waals surface area contributed by atoms with Crippen LogP contribution in [0.1, 0.15) is 11.1 Å². The van der Waals surface area contributed by atoms with Gasteiger partial charge in [0, 0.05) is 37.6 Å². The number of piperazine rings is 1. The van der Waals surface area contributed by atoms with Gasteiger partial charge in [0.25, 0.3) is 0 Å². The summed E-state index contributed by atoms with van der Waals surface area (Å²) in [5.74, 6) is 1.40. The van der Waals surface area contributed by atoms with Crippen molar-refractivity contribution in [1.29, 1.82) is 0 Å². The predicted octanol–water partition coefficient (Wildman–Crippen LogP) is 3.56. The van der Waals surface area contributed by atoms with Crippen LogP contribution in [-0.2, 0) is 0 Å². The summed E-state index contributed by atoms with van der Waals surface area (Å²) < 4.78 is 0. The highest BCUT2D eigenvalue weighted by atomic mass is 15.3. The number of anilines is 4. The first-order valence-electron chi connectivity index (χ1n) is 9.28. The standard InChI is InChI=1S/C21H24N6/c1-16-8-9-17(2)19(14-16)23-21-24-20(15-22-25-21)27-12-10-26(11-13-27)18-6-4-3-5-7-18/h3-9,14-15H,10-13H2,1-2H3,(H,23,24,25). The van der Waals surface area contributed by atoms with Gasteiger partial charge in [0.2, 0.25) is 5.95 Å². The maximum Gasteiger partial charge on any atom is 0.249 e. The number of hydrogen-bond donors (Lipinski definition) is 1. The number of rotatable bonds is 4. The number of para-hydroxylation sites is 1. The van der Waals surface area contributed by atoms with Crippen molar-refractivity contribution in [2.75, 3.05) is 41.3 Å². The average Bonchev–Trinajstić information content (AvgIpc) is 2.72. The number of benzene rings is 2. The molecule has 1 aliphatic rings. The molecule has 0 amide bonds. The second-order valence-electron chi connectivity index (χ2n) is 6.89. The van der Waals surface area contributed by atoms with Gasteiger partial charge >= 0.3 is 0 Å². The number of aromatic nitrogens is 3. The van der Waals surface area contributed by atoms with E-state index >= 15 is 0 Å². The molecule has 0 atom stereocenters. The SMILES string of the molecule is Cc1ccc(C)c(Nc2nncc(N3CCN(c4ccccc4)CC3)n2)c1. The molecule has 1 aromatic heterocycles. The van der Waals surface area contributed by atoms with Crippen molar-refractivity contribution in [3.8, 4) is 0 Å². The third-order valence-corrected chi connectivity index (χ3v) is 4.91. The minimum atomic E-state index is 0.534. The van der Waals surface area contributed by atoms with Crippen molar-refractivity contribution in [2.45, 2.75) is 13.8 Å². The molecule has 1 fully saturated rings. The molecule has 1 saturated heterocycles. The van der Waals surface area contributed by atoms with Gasteiger partial charge in [0.1, 0.15) is 0 Å². The Labute approximate surface area is 159 Å². The molecule has 0 spiro atoms. The summed E-state index contributed by atoms with van der Waals surface area (Å²) >= 11 is 0. The molecular weight excluding hydrogens is 336 g/mol. The first-order valence-corrected chi connectivity index (χ1v) is 9.28. The molecule has 0 radical (unpaired) electrons. The van der Waals surface area contributed by atoms with Crippen molar-refractivity contribution in [3.05, 3.63) is 65.9 Å². The number of nitrogens with one attached hydrogen (secondary N) is 1. The van der Waals surface area contributed by atoms with Crippen LogP contribution in [0.4, 0.5) is 23.1 Å². The molecule has 4 rings (SSSR count). The smallest absolute Gasteiger partial charge is 0.249 e.